The van der Waals surface area contributed by atoms with Gasteiger partial charge in [-0.05, 0) is 13.8 Å². The van der Waals surface area contributed by atoms with E-state index < -0.39 is 0 Å². The molecular weight excluding hydrogens is 194 g/mol. The van der Waals surface area contributed by atoms with Crippen molar-refractivity contribution < 1.29 is 4.74 Å². The number of thiazole rings is 1. The lowest BCUT2D eigenvalue weighted by Crippen LogP contribution is -2.10. The Kier molecular flexibility index (Phi) is 2.02. The van der Waals surface area contributed by atoms with Crippen LogP contribution in [-0.4, -0.2) is 11.6 Å². The minimum Gasteiger partial charge on any atom is -0.364 e. The van der Waals surface area contributed by atoms with Crippen LogP contribution in [0.25, 0.3) is 0 Å². The largest absolute Gasteiger partial charge is 0.364 e. The van der Waals surface area contributed by atoms with Crippen LogP contribution in [0.1, 0.15) is 43.3 Å². The molecule has 0 saturated carbocycles. The number of epoxide rings is 1. The van der Waals surface area contributed by atoms with Crippen molar-refractivity contribution in [3.8, 4) is 0 Å². The summed E-state index contributed by atoms with van der Waals surface area (Å²) in [5.41, 5.74) is 1.27. The van der Waals surface area contributed by atoms with Crippen molar-refractivity contribution in [1.29, 1.82) is 0 Å². The molecule has 14 heavy (non-hydrogen) atoms. The van der Waals surface area contributed by atoms with Crippen LogP contribution in [0.15, 0.2) is 0 Å². The zero-order chi connectivity index (χ0) is 10.6. The SMILES string of the molecule is Cc1nc(C(C)(C)C)sc1C1(C)CO1. The molecule has 0 aromatic carbocycles. The van der Waals surface area contributed by atoms with E-state index in [1.165, 1.54) is 9.88 Å². The molecule has 1 aliphatic rings. The number of ether oxygens (including phenoxy) is 1. The number of aromatic nitrogens is 1. The molecule has 2 rings (SSSR count). The first-order chi connectivity index (χ1) is 6.33. The molecule has 1 fully saturated rings. The van der Waals surface area contributed by atoms with Crippen LogP contribution in [0.2, 0.25) is 0 Å². The molecule has 0 radical (unpaired) electrons. The number of hydrogen-bond acceptors (Lipinski definition) is 3. The molecule has 0 aliphatic carbocycles. The van der Waals surface area contributed by atoms with Gasteiger partial charge in [0.15, 0.2) is 0 Å². The van der Waals surface area contributed by atoms with Crippen molar-refractivity contribution >= 4 is 11.3 Å². The van der Waals surface area contributed by atoms with E-state index in [0.717, 1.165) is 12.3 Å². The van der Waals surface area contributed by atoms with Gasteiger partial charge in [0.1, 0.15) is 5.60 Å². The smallest absolute Gasteiger partial charge is 0.125 e. The van der Waals surface area contributed by atoms with E-state index in [0.29, 0.717) is 0 Å². The predicted octanol–water partition coefficient (Wildman–Crippen LogP) is 2.99. The third kappa shape index (κ3) is 1.59. The summed E-state index contributed by atoms with van der Waals surface area (Å²) in [6, 6.07) is 0. The van der Waals surface area contributed by atoms with Crippen molar-refractivity contribution in [2.75, 3.05) is 6.61 Å². The second kappa shape index (κ2) is 2.80. The summed E-state index contributed by atoms with van der Waals surface area (Å²) >= 11 is 1.80. The van der Waals surface area contributed by atoms with Crippen LogP contribution < -0.4 is 0 Å². The van der Waals surface area contributed by atoms with Crippen LogP contribution in [0.3, 0.4) is 0 Å². The molecule has 1 unspecified atom stereocenters. The first-order valence-electron chi connectivity index (χ1n) is 4.95. The predicted molar refractivity (Wildman–Crippen MR) is 58.9 cm³/mol. The summed E-state index contributed by atoms with van der Waals surface area (Å²) in [5.74, 6) is 0. The number of hydrogen-bond donors (Lipinski definition) is 0. The van der Waals surface area contributed by atoms with Gasteiger partial charge in [-0.1, -0.05) is 20.8 Å². The molecule has 1 aromatic rings. The molecule has 1 aromatic heterocycles. The second-order valence-corrected chi connectivity index (χ2v) is 6.20. The summed E-state index contributed by atoms with van der Waals surface area (Å²) < 4.78 is 5.46. The van der Waals surface area contributed by atoms with Crippen LogP contribution >= 0.6 is 11.3 Å². The Morgan fingerprint density at radius 2 is 2.00 bits per heavy atom. The van der Waals surface area contributed by atoms with E-state index in [2.05, 4.69) is 39.6 Å². The molecule has 0 spiro atoms. The monoisotopic (exact) mass is 211 g/mol. The summed E-state index contributed by atoms with van der Waals surface area (Å²) in [6.45, 7) is 11.7. The fraction of sp³-hybridized carbons (Fsp3) is 0.727. The average Bonchev–Trinajstić information content (AvgIpc) is 2.60. The van der Waals surface area contributed by atoms with E-state index in [4.69, 9.17) is 4.74 Å². The molecule has 1 aliphatic heterocycles. The molecule has 2 heterocycles. The van der Waals surface area contributed by atoms with Crippen molar-refractivity contribution in [3.63, 3.8) is 0 Å². The van der Waals surface area contributed by atoms with Gasteiger partial charge in [0.25, 0.3) is 0 Å². The van der Waals surface area contributed by atoms with Crippen LogP contribution in [0, 0.1) is 6.92 Å². The van der Waals surface area contributed by atoms with E-state index in [-0.39, 0.29) is 11.0 Å². The molecule has 78 valence electrons. The van der Waals surface area contributed by atoms with Gasteiger partial charge in [-0.3, -0.25) is 0 Å². The first-order valence-corrected chi connectivity index (χ1v) is 5.77. The highest BCUT2D eigenvalue weighted by atomic mass is 32.1. The Morgan fingerprint density at radius 3 is 2.36 bits per heavy atom. The molecule has 0 N–H and O–H groups in total. The fourth-order valence-electron chi connectivity index (χ4n) is 1.45. The van der Waals surface area contributed by atoms with Gasteiger partial charge in [0.2, 0.25) is 0 Å². The zero-order valence-electron chi connectivity index (χ0n) is 9.47. The Bertz CT molecular complexity index is 358. The molecule has 0 amide bonds. The molecule has 1 saturated heterocycles. The standard InChI is InChI=1S/C11H17NOS/c1-7-8(11(5)6-13-11)14-9(12-7)10(2,3)4/h6H2,1-5H3. The summed E-state index contributed by atoms with van der Waals surface area (Å²) in [4.78, 5) is 5.93. The van der Waals surface area contributed by atoms with Gasteiger partial charge < -0.3 is 4.74 Å². The van der Waals surface area contributed by atoms with Crippen molar-refractivity contribution in [1.82, 2.24) is 4.98 Å². The van der Waals surface area contributed by atoms with Crippen LogP contribution in [0.5, 0.6) is 0 Å². The van der Waals surface area contributed by atoms with E-state index in [1.807, 2.05) is 0 Å². The topological polar surface area (TPSA) is 25.4 Å². The average molecular weight is 211 g/mol. The lowest BCUT2D eigenvalue weighted by Gasteiger charge is -2.13. The van der Waals surface area contributed by atoms with Crippen LogP contribution in [-0.2, 0) is 15.8 Å². The van der Waals surface area contributed by atoms with E-state index >= 15 is 0 Å². The van der Waals surface area contributed by atoms with E-state index in [9.17, 15) is 0 Å². The third-order valence-electron chi connectivity index (χ3n) is 2.50. The zero-order valence-corrected chi connectivity index (χ0v) is 10.3. The maximum Gasteiger partial charge on any atom is 0.125 e. The van der Waals surface area contributed by atoms with Crippen molar-refractivity contribution in [2.45, 2.75) is 45.6 Å². The Hall–Kier alpha value is -0.410. The number of nitrogens with zero attached hydrogens (tertiary/aromatic N) is 1. The molecule has 3 heteroatoms. The maximum atomic E-state index is 5.46. The Morgan fingerprint density at radius 1 is 1.43 bits per heavy atom. The highest BCUT2D eigenvalue weighted by Crippen LogP contribution is 2.44. The van der Waals surface area contributed by atoms with Gasteiger partial charge >= 0.3 is 0 Å². The fourth-order valence-corrected chi connectivity index (χ4v) is 2.66. The second-order valence-electron chi connectivity index (χ2n) is 5.20. The number of rotatable bonds is 1. The lowest BCUT2D eigenvalue weighted by atomic mass is 9.98. The maximum absolute atomic E-state index is 5.46. The van der Waals surface area contributed by atoms with Gasteiger partial charge in [0, 0.05) is 5.41 Å². The number of aryl methyl sites for hydroxylation is 1. The lowest BCUT2D eigenvalue weighted by molar-refractivity contribution is 0.332. The minimum atomic E-state index is -0.0226. The summed E-state index contributed by atoms with van der Waals surface area (Å²) in [6.07, 6.45) is 0. The third-order valence-corrected chi connectivity index (χ3v) is 4.32. The normalized spacial score (nSPS) is 26.6. The molecule has 0 bridgehead atoms. The Balaban J connectivity index is 2.40. The highest BCUT2D eigenvalue weighted by molar-refractivity contribution is 7.12. The highest BCUT2D eigenvalue weighted by Gasteiger charge is 2.44. The minimum absolute atomic E-state index is 0.0226. The van der Waals surface area contributed by atoms with Gasteiger partial charge in [-0.15, -0.1) is 11.3 Å². The van der Waals surface area contributed by atoms with Crippen LogP contribution in [0.4, 0.5) is 0 Å². The van der Waals surface area contributed by atoms with Gasteiger partial charge in [-0.25, -0.2) is 4.98 Å². The van der Waals surface area contributed by atoms with Crippen molar-refractivity contribution in [2.24, 2.45) is 0 Å². The summed E-state index contributed by atoms with van der Waals surface area (Å²) in [5, 5.41) is 1.21. The van der Waals surface area contributed by atoms with E-state index in [1.54, 1.807) is 11.3 Å². The Labute approximate surface area is 89.3 Å². The molecule has 1 atom stereocenters. The quantitative estimate of drug-likeness (QED) is 0.667. The van der Waals surface area contributed by atoms with Gasteiger partial charge in [0.05, 0.1) is 22.2 Å². The molecule has 2 nitrogen and oxygen atoms in total. The first kappa shape index (κ1) is 10.1. The van der Waals surface area contributed by atoms with Crippen molar-refractivity contribution in [3.05, 3.63) is 15.6 Å². The van der Waals surface area contributed by atoms with Gasteiger partial charge in [-0.2, -0.15) is 0 Å². The summed E-state index contributed by atoms with van der Waals surface area (Å²) in [7, 11) is 0. The molecular formula is C11H17NOS.